The van der Waals surface area contributed by atoms with Gasteiger partial charge in [-0.3, -0.25) is 9.78 Å². The standard InChI is InChI=1S/C16H22N2O3/c1-12-2-3-13(11-17-12)10-15(19)18-6-4-14(5-7-18)16-20-8-9-21-16/h2-3,11,14,16H,4-10H2,1H3. The average Bonchev–Trinajstić information content (AvgIpc) is 3.04. The zero-order valence-corrected chi connectivity index (χ0v) is 12.5. The maximum Gasteiger partial charge on any atom is 0.227 e. The van der Waals surface area contributed by atoms with Crippen LogP contribution in [0.2, 0.25) is 0 Å². The topological polar surface area (TPSA) is 51.7 Å². The van der Waals surface area contributed by atoms with Crippen LogP contribution >= 0.6 is 0 Å². The number of hydrogen-bond acceptors (Lipinski definition) is 4. The highest BCUT2D eigenvalue weighted by atomic mass is 16.7. The van der Waals surface area contributed by atoms with Crippen LogP contribution in [0.4, 0.5) is 0 Å². The van der Waals surface area contributed by atoms with E-state index in [-0.39, 0.29) is 12.2 Å². The summed E-state index contributed by atoms with van der Waals surface area (Å²) in [6.07, 6.45) is 4.10. The zero-order chi connectivity index (χ0) is 14.7. The predicted octanol–water partition coefficient (Wildman–Crippen LogP) is 1.54. The van der Waals surface area contributed by atoms with Crippen LogP contribution in [-0.2, 0) is 20.7 Å². The summed E-state index contributed by atoms with van der Waals surface area (Å²) in [5, 5.41) is 0. The molecule has 1 aromatic rings. The molecular weight excluding hydrogens is 268 g/mol. The van der Waals surface area contributed by atoms with Crippen LogP contribution in [0.3, 0.4) is 0 Å². The normalized spacial score (nSPS) is 20.9. The van der Waals surface area contributed by atoms with Crippen molar-refractivity contribution in [2.24, 2.45) is 5.92 Å². The van der Waals surface area contributed by atoms with Gasteiger partial charge in [0.1, 0.15) is 0 Å². The lowest BCUT2D eigenvalue weighted by Gasteiger charge is -2.33. The second-order valence-corrected chi connectivity index (χ2v) is 5.81. The largest absolute Gasteiger partial charge is 0.350 e. The number of amides is 1. The van der Waals surface area contributed by atoms with Crippen LogP contribution in [0.25, 0.3) is 0 Å². The molecule has 3 rings (SSSR count). The zero-order valence-electron chi connectivity index (χ0n) is 12.5. The Morgan fingerprint density at radius 1 is 1.29 bits per heavy atom. The highest BCUT2D eigenvalue weighted by Gasteiger charge is 2.31. The predicted molar refractivity (Wildman–Crippen MR) is 77.7 cm³/mol. The van der Waals surface area contributed by atoms with E-state index in [0.29, 0.717) is 25.6 Å². The second-order valence-electron chi connectivity index (χ2n) is 5.81. The number of piperidine rings is 1. The summed E-state index contributed by atoms with van der Waals surface area (Å²) in [5.41, 5.74) is 1.96. The Labute approximate surface area is 125 Å². The third-order valence-electron chi connectivity index (χ3n) is 4.25. The van der Waals surface area contributed by atoms with Crippen molar-refractivity contribution in [3.63, 3.8) is 0 Å². The molecule has 0 aromatic carbocycles. The van der Waals surface area contributed by atoms with Gasteiger partial charge >= 0.3 is 0 Å². The van der Waals surface area contributed by atoms with Gasteiger partial charge in [0.05, 0.1) is 19.6 Å². The molecule has 0 unspecified atom stereocenters. The van der Waals surface area contributed by atoms with Crippen molar-refractivity contribution in [3.05, 3.63) is 29.6 Å². The lowest BCUT2D eigenvalue weighted by Crippen LogP contribution is -2.42. The molecule has 114 valence electrons. The fourth-order valence-corrected chi connectivity index (χ4v) is 2.96. The first kappa shape index (κ1) is 14.5. The molecule has 2 saturated heterocycles. The lowest BCUT2D eigenvalue weighted by atomic mass is 9.96. The molecule has 0 N–H and O–H groups in total. The van der Waals surface area contributed by atoms with Crippen molar-refractivity contribution < 1.29 is 14.3 Å². The molecule has 0 bridgehead atoms. The van der Waals surface area contributed by atoms with E-state index < -0.39 is 0 Å². The van der Waals surface area contributed by atoms with Crippen LogP contribution in [0.15, 0.2) is 18.3 Å². The Bertz CT molecular complexity index is 475. The Morgan fingerprint density at radius 3 is 2.62 bits per heavy atom. The van der Waals surface area contributed by atoms with Crippen LogP contribution in [0.5, 0.6) is 0 Å². The van der Waals surface area contributed by atoms with Crippen molar-refractivity contribution >= 4 is 5.91 Å². The number of pyridine rings is 1. The Morgan fingerprint density at radius 2 is 2.00 bits per heavy atom. The van der Waals surface area contributed by atoms with E-state index in [1.165, 1.54) is 0 Å². The van der Waals surface area contributed by atoms with Gasteiger partial charge in [0.2, 0.25) is 5.91 Å². The number of likely N-dealkylation sites (tertiary alicyclic amines) is 1. The minimum absolute atomic E-state index is 0.0523. The highest BCUT2D eigenvalue weighted by Crippen LogP contribution is 2.26. The molecule has 1 amide bonds. The summed E-state index contributed by atoms with van der Waals surface area (Å²) >= 11 is 0. The van der Waals surface area contributed by atoms with Crippen molar-refractivity contribution in [3.8, 4) is 0 Å². The van der Waals surface area contributed by atoms with Gasteiger partial charge in [-0.25, -0.2) is 0 Å². The van der Waals surface area contributed by atoms with Crippen LogP contribution in [-0.4, -0.2) is 48.4 Å². The molecule has 0 spiro atoms. The molecule has 2 fully saturated rings. The van der Waals surface area contributed by atoms with Crippen molar-refractivity contribution in [2.45, 2.75) is 32.5 Å². The Balaban J connectivity index is 1.49. The summed E-state index contributed by atoms with van der Waals surface area (Å²) < 4.78 is 11.1. The third kappa shape index (κ3) is 3.60. The molecule has 5 heteroatoms. The van der Waals surface area contributed by atoms with Gasteiger partial charge in [-0.2, -0.15) is 0 Å². The first-order valence-electron chi connectivity index (χ1n) is 7.65. The lowest BCUT2D eigenvalue weighted by molar-refractivity contribution is -0.136. The molecule has 0 aliphatic carbocycles. The number of carbonyl (C=O) groups excluding carboxylic acids is 1. The maximum atomic E-state index is 12.3. The van der Waals surface area contributed by atoms with E-state index in [1.54, 1.807) is 6.20 Å². The van der Waals surface area contributed by atoms with Gasteiger partial charge in [0.15, 0.2) is 6.29 Å². The fraction of sp³-hybridized carbons (Fsp3) is 0.625. The summed E-state index contributed by atoms with van der Waals surface area (Å²) in [6, 6.07) is 3.93. The van der Waals surface area contributed by atoms with Crippen LogP contribution in [0.1, 0.15) is 24.1 Å². The number of rotatable bonds is 3. The van der Waals surface area contributed by atoms with Crippen molar-refractivity contribution in [2.75, 3.05) is 26.3 Å². The molecule has 0 saturated carbocycles. The molecule has 3 heterocycles. The van der Waals surface area contributed by atoms with Crippen molar-refractivity contribution in [1.82, 2.24) is 9.88 Å². The number of ether oxygens (including phenoxy) is 2. The maximum absolute atomic E-state index is 12.3. The number of aryl methyl sites for hydroxylation is 1. The van der Waals surface area contributed by atoms with Gasteiger partial charge in [-0.1, -0.05) is 6.07 Å². The van der Waals surface area contributed by atoms with E-state index >= 15 is 0 Å². The quantitative estimate of drug-likeness (QED) is 0.847. The minimum atomic E-state index is -0.0523. The fourth-order valence-electron chi connectivity index (χ4n) is 2.96. The van der Waals surface area contributed by atoms with E-state index in [0.717, 1.165) is 37.2 Å². The molecule has 5 nitrogen and oxygen atoms in total. The summed E-state index contributed by atoms with van der Waals surface area (Å²) in [5.74, 6) is 0.616. The van der Waals surface area contributed by atoms with Crippen molar-refractivity contribution in [1.29, 1.82) is 0 Å². The monoisotopic (exact) mass is 290 g/mol. The molecule has 0 radical (unpaired) electrons. The number of nitrogens with zero attached hydrogens (tertiary/aromatic N) is 2. The molecule has 21 heavy (non-hydrogen) atoms. The number of aromatic nitrogens is 1. The van der Waals surface area contributed by atoms with E-state index in [1.807, 2.05) is 24.0 Å². The molecule has 2 aliphatic rings. The van der Waals surface area contributed by atoms with E-state index in [9.17, 15) is 4.79 Å². The molecule has 2 aliphatic heterocycles. The summed E-state index contributed by atoms with van der Waals surface area (Å²) in [7, 11) is 0. The smallest absolute Gasteiger partial charge is 0.227 e. The van der Waals surface area contributed by atoms with Gasteiger partial charge in [-0.05, 0) is 31.4 Å². The Kier molecular flexibility index (Phi) is 4.51. The first-order chi connectivity index (χ1) is 10.2. The average molecular weight is 290 g/mol. The molecule has 0 atom stereocenters. The summed E-state index contributed by atoms with van der Waals surface area (Å²) in [6.45, 7) is 4.94. The van der Waals surface area contributed by atoms with Gasteiger partial charge < -0.3 is 14.4 Å². The van der Waals surface area contributed by atoms with Crippen LogP contribution in [0, 0.1) is 12.8 Å². The van der Waals surface area contributed by atoms with Crippen LogP contribution < -0.4 is 0 Å². The van der Waals surface area contributed by atoms with Gasteiger partial charge in [-0.15, -0.1) is 0 Å². The molecular formula is C16H22N2O3. The third-order valence-corrected chi connectivity index (χ3v) is 4.25. The number of carbonyl (C=O) groups is 1. The van der Waals surface area contributed by atoms with E-state index in [2.05, 4.69) is 4.98 Å². The molecule has 1 aromatic heterocycles. The van der Waals surface area contributed by atoms with Gasteiger partial charge in [0, 0.05) is 30.9 Å². The summed E-state index contributed by atoms with van der Waals surface area (Å²) in [4.78, 5) is 18.5. The number of hydrogen-bond donors (Lipinski definition) is 0. The minimum Gasteiger partial charge on any atom is -0.350 e. The second kappa shape index (κ2) is 6.54. The highest BCUT2D eigenvalue weighted by molar-refractivity contribution is 5.78. The SMILES string of the molecule is Cc1ccc(CC(=O)N2CCC(C3OCCO3)CC2)cn1. The Hall–Kier alpha value is -1.46. The first-order valence-corrected chi connectivity index (χ1v) is 7.65. The van der Waals surface area contributed by atoms with E-state index in [4.69, 9.17) is 9.47 Å². The van der Waals surface area contributed by atoms with Gasteiger partial charge in [0.25, 0.3) is 0 Å².